The number of epoxide rings is 1. The fourth-order valence-corrected chi connectivity index (χ4v) is 4.82. The van der Waals surface area contributed by atoms with Crippen molar-refractivity contribution >= 4 is 0 Å². The first-order chi connectivity index (χ1) is 8.29. The molecule has 1 aliphatic heterocycles. The van der Waals surface area contributed by atoms with E-state index in [4.69, 9.17) is 4.74 Å². The molecule has 3 rings (SSSR count). The molecule has 0 bridgehead atoms. The van der Waals surface area contributed by atoms with Crippen molar-refractivity contribution in [3.05, 3.63) is 0 Å². The van der Waals surface area contributed by atoms with E-state index in [0.717, 1.165) is 25.7 Å². The monoisotopic (exact) mass is 254 g/mol. The molecule has 0 unspecified atom stereocenters. The Bertz CT molecular complexity index is 367. The Labute approximate surface area is 110 Å². The Morgan fingerprint density at radius 1 is 1.28 bits per heavy atom. The van der Waals surface area contributed by atoms with Gasteiger partial charge in [-0.25, -0.2) is 0 Å². The largest absolute Gasteiger partial charge is 0.393 e. The minimum atomic E-state index is -0.958. The maximum atomic E-state index is 10.3. The number of aliphatic hydroxyl groups excluding tert-OH is 1. The Balaban J connectivity index is 1.87. The van der Waals surface area contributed by atoms with E-state index >= 15 is 0 Å². The van der Waals surface area contributed by atoms with Crippen molar-refractivity contribution in [3.63, 3.8) is 0 Å². The first-order valence-corrected chi connectivity index (χ1v) is 7.32. The first kappa shape index (κ1) is 12.9. The van der Waals surface area contributed by atoms with E-state index in [1.807, 2.05) is 0 Å². The first-order valence-electron chi connectivity index (χ1n) is 7.32. The molecule has 3 fully saturated rings. The van der Waals surface area contributed by atoms with E-state index in [9.17, 15) is 10.2 Å². The van der Waals surface area contributed by atoms with Crippen molar-refractivity contribution in [2.45, 2.75) is 76.1 Å². The van der Waals surface area contributed by atoms with Gasteiger partial charge in [0.2, 0.25) is 0 Å². The Morgan fingerprint density at radius 2 is 2.00 bits per heavy atom. The average molecular weight is 254 g/mol. The Kier molecular flexibility index (Phi) is 2.51. The number of ether oxygens (including phenoxy) is 1. The standard InChI is InChI=1S/C15H26O3/c1-12-6-4-7-14(3)15(12,18-14)9-11(5-8-12)13(2,17)10-16/h11,16-17H,4-10H2,1-3H3/t11-,12-,13-,14-,15+/m1/s1. The number of rotatable bonds is 2. The lowest BCUT2D eigenvalue weighted by Crippen LogP contribution is -2.53. The summed E-state index contributed by atoms with van der Waals surface area (Å²) in [5, 5.41) is 19.7. The van der Waals surface area contributed by atoms with Crippen LogP contribution in [0.15, 0.2) is 0 Å². The van der Waals surface area contributed by atoms with Gasteiger partial charge in [-0.2, -0.15) is 0 Å². The third-order valence-electron chi connectivity index (χ3n) is 6.35. The van der Waals surface area contributed by atoms with Crippen molar-refractivity contribution in [2.75, 3.05) is 6.61 Å². The highest BCUT2D eigenvalue weighted by Crippen LogP contribution is 2.71. The molecule has 0 radical (unpaired) electrons. The van der Waals surface area contributed by atoms with Gasteiger partial charge in [0.1, 0.15) is 5.60 Å². The second kappa shape index (κ2) is 3.50. The zero-order valence-corrected chi connectivity index (χ0v) is 11.8. The van der Waals surface area contributed by atoms with Crippen molar-refractivity contribution < 1.29 is 14.9 Å². The maximum absolute atomic E-state index is 10.3. The summed E-state index contributed by atoms with van der Waals surface area (Å²) >= 11 is 0. The van der Waals surface area contributed by atoms with Crippen LogP contribution < -0.4 is 0 Å². The molecule has 0 aromatic heterocycles. The van der Waals surface area contributed by atoms with Crippen molar-refractivity contribution in [3.8, 4) is 0 Å². The van der Waals surface area contributed by atoms with Gasteiger partial charge < -0.3 is 14.9 Å². The van der Waals surface area contributed by atoms with Gasteiger partial charge in [0.25, 0.3) is 0 Å². The third kappa shape index (κ3) is 1.41. The van der Waals surface area contributed by atoms with Crippen LogP contribution in [0, 0.1) is 11.3 Å². The van der Waals surface area contributed by atoms with Crippen LogP contribution in [0.5, 0.6) is 0 Å². The van der Waals surface area contributed by atoms with Crippen LogP contribution in [0.1, 0.15) is 59.3 Å². The minimum Gasteiger partial charge on any atom is -0.393 e. The van der Waals surface area contributed by atoms with Gasteiger partial charge >= 0.3 is 0 Å². The summed E-state index contributed by atoms with van der Waals surface area (Å²) in [6, 6.07) is 0. The van der Waals surface area contributed by atoms with Gasteiger partial charge in [0.05, 0.1) is 17.8 Å². The van der Waals surface area contributed by atoms with E-state index in [0.29, 0.717) is 0 Å². The maximum Gasteiger partial charge on any atom is 0.103 e. The molecule has 104 valence electrons. The second-order valence-electron chi connectivity index (χ2n) is 7.53. The van der Waals surface area contributed by atoms with Crippen LogP contribution in [-0.4, -0.2) is 33.6 Å². The molecule has 3 heteroatoms. The predicted molar refractivity (Wildman–Crippen MR) is 69.2 cm³/mol. The molecular weight excluding hydrogens is 228 g/mol. The van der Waals surface area contributed by atoms with Gasteiger partial charge in [-0.3, -0.25) is 0 Å². The predicted octanol–water partition coefficient (Wildman–Crippen LogP) is 2.25. The highest BCUT2D eigenvalue weighted by Gasteiger charge is 2.77. The third-order valence-corrected chi connectivity index (χ3v) is 6.35. The zero-order chi connectivity index (χ0) is 13.2. The van der Waals surface area contributed by atoms with Crippen LogP contribution in [0.25, 0.3) is 0 Å². The normalized spacial score (nSPS) is 54.2. The fraction of sp³-hybridized carbons (Fsp3) is 1.00. The van der Waals surface area contributed by atoms with E-state index in [-0.39, 0.29) is 29.1 Å². The molecule has 0 aromatic carbocycles. The van der Waals surface area contributed by atoms with Gasteiger partial charge in [0, 0.05) is 0 Å². The summed E-state index contributed by atoms with van der Waals surface area (Å²) in [5.74, 6) is 0.162. The van der Waals surface area contributed by atoms with E-state index in [1.54, 1.807) is 6.92 Å². The second-order valence-corrected chi connectivity index (χ2v) is 7.53. The molecule has 1 saturated heterocycles. The molecule has 1 heterocycles. The summed E-state index contributed by atoms with van der Waals surface area (Å²) in [5.41, 5.74) is -0.674. The Hall–Kier alpha value is -0.120. The molecule has 0 amide bonds. The highest BCUT2D eigenvalue weighted by molar-refractivity contribution is 5.25. The topological polar surface area (TPSA) is 53.0 Å². The van der Waals surface area contributed by atoms with Gasteiger partial charge in [-0.1, -0.05) is 6.92 Å². The van der Waals surface area contributed by atoms with Gasteiger partial charge in [-0.15, -0.1) is 0 Å². The van der Waals surface area contributed by atoms with E-state index < -0.39 is 5.60 Å². The summed E-state index contributed by atoms with van der Waals surface area (Å²) in [4.78, 5) is 0. The zero-order valence-electron chi connectivity index (χ0n) is 11.8. The van der Waals surface area contributed by atoms with Crippen LogP contribution in [-0.2, 0) is 4.74 Å². The molecule has 18 heavy (non-hydrogen) atoms. The number of aliphatic hydroxyl groups is 2. The number of hydrogen-bond acceptors (Lipinski definition) is 3. The van der Waals surface area contributed by atoms with Crippen molar-refractivity contribution in [2.24, 2.45) is 11.3 Å². The smallest absolute Gasteiger partial charge is 0.103 e. The van der Waals surface area contributed by atoms with Crippen LogP contribution in [0.2, 0.25) is 0 Å². The lowest BCUT2D eigenvalue weighted by molar-refractivity contribution is -0.0926. The van der Waals surface area contributed by atoms with Crippen molar-refractivity contribution in [1.82, 2.24) is 0 Å². The lowest BCUT2D eigenvalue weighted by Gasteiger charge is -2.49. The van der Waals surface area contributed by atoms with E-state index in [1.165, 1.54) is 12.8 Å². The molecule has 0 aromatic rings. The summed E-state index contributed by atoms with van der Waals surface area (Å²) in [7, 11) is 0. The molecule has 3 aliphatic rings. The van der Waals surface area contributed by atoms with Crippen LogP contribution in [0.4, 0.5) is 0 Å². The summed E-state index contributed by atoms with van der Waals surface area (Å²) < 4.78 is 6.24. The van der Waals surface area contributed by atoms with Gasteiger partial charge in [0.15, 0.2) is 0 Å². The van der Waals surface area contributed by atoms with Crippen LogP contribution >= 0.6 is 0 Å². The summed E-state index contributed by atoms with van der Waals surface area (Å²) in [6.07, 6.45) is 6.69. The Morgan fingerprint density at radius 3 is 2.67 bits per heavy atom. The SMILES string of the molecule is C[C@]12CCC[C@@]3(C)O[C@@]13C[C@H]([C@](C)(O)CO)CC2. The lowest BCUT2D eigenvalue weighted by atomic mass is 9.53. The molecular formula is C15H26O3. The van der Waals surface area contributed by atoms with E-state index in [2.05, 4.69) is 13.8 Å². The molecule has 2 aliphatic carbocycles. The molecule has 1 spiro atoms. The quantitative estimate of drug-likeness (QED) is 0.743. The average Bonchev–Trinajstić information content (AvgIpc) is 2.92. The molecule has 2 N–H and O–H groups in total. The fourth-order valence-electron chi connectivity index (χ4n) is 4.82. The summed E-state index contributed by atoms with van der Waals surface area (Å²) in [6.45, 7) is 6.21. The molecule has 3 nitrogen and oxygen atoms in total. The highest BCUT2D eigenvalue weighted by atomic mass is 16.6. The molecule has 5 atom stereocenters. The molecule has 2 saturated carbocycles. The van der Waals surface area contributed by atoms with Gasteiger partial charge in [-0.05, 0) is 63.7 Å². The minimum absolute atomic E-state index is 0.0275. The number of hydrogen-bond donors (Lipinski definition) is 2. The van der Waals surface area contributed by atoms with Crippen LogP contribution in [0.3, 0.4) is 0 Å². The van der Waals surface area contributed by atoms with Crippen molar-refractivity contribution in [1.29, 1.82) is 0 Å².